The molecule has 1 aromatic rings. The predicted octanol–water partition coefficient (Wildman–Crippen LogP) is 0.995. The maximum atomic E-state index is 12.2. The summed E-state index contributed by atoms with van der Waals surface area (Å²) in [7, 11) is 1.54. The molecule has 0 radical (unpaired) electrons. The van der Waals surface area contributed by atoms with Crippen molar-refractivity contribution in [3.8, 4) is 0 Å². The maximum Gasteiger partial charge on any atom is 0.330 e. The third-order valence-corrected chi connectivity index (χ3v) is 3.11. The fourth-order valence-electron chi connectivity index (χ4n) is 1.79. The molecule has 3 N–H and O–H groups in total. The smallest absolute Gasteiger partial charge is 0.330 e. The lowest BCUT2D eigenvalue weighted by molar-refractivity contribution is -0.137. The zero-order chi connectivity index (χ0) is 19.4. The first-order valence-corrected chi connectivity index (χ1v) is 8.21. The molecule has 1 aromatic carbocycles. The molecule has 0 bridgehead atoms. The molecule has 0 saturated carbocycles. The van der Waals surface area contributed by atoms with Gasteiger partial charge < -0.3 is 20.1 Å². The van der Waals surface area contributed by atoms with E-state index in [9.17, 15) is 14.4 Å². The van der Waals surface area contributed by atoms with E-state index in [1.165, 1.54) is 0 Å². The highest BCUT2D eigenvalue weighted by Gasteiger charge is 2.12. The molecule has 0 aromatic heterocycles. The van der Waals surface area contributed by atoms with Gasteiger partial charge in [-0.2, -0.15) is 0 Å². The van der Waals surface area contributed by atoms with Crippen molar-refractivity contribution in [3.05, 3.63) is 42.0 Å². The minimum atomic E-state index is -0.625. The first kappa shape index (κ1) is 21.3. The third kappa shape index (κ3) is 7.86. The minimum Gasteiger partial charge on any atom is -0.463 e. The Morgan fingerprint density at radius 2 is 1.92 bits per heavy atom. The monoisotopic (exact) mass is 379 g/mol. The molecule has 9 heteroatoms. The number of carbonyl (C=O) groups is 3. The Bertz CT molecular complexity index is 691. The topological polar surface area (TPSA) is 106 Å². The van der Waals surface area contributed by atoms with Crippen LogP contribution in [0, 0.1) is 0 Å². The lowest BCUT2D eigenvalue weighted by Gasteiger charge is -2.13. The second kappa shape index (κ2) is 11.7. The van der Waals surface area contributed by atoms with Crippen LogP contribution in [0.4, 0.5) is 5.69 Å². The summed E-state index contributed by atoms with van der Waals surface area (Å²) in [6.45, 7) is 2.63. The highest BCUT2D eigenvalue weighted by Crippen LogP contribution is 2.14. The SMILES string of the molecule is CCOC(=O)/C=C/C(=O)NC(=S)Nc1ccccc1C(=O)NCCOC. The Labute approximate surface area is 156 Å². The first-order valence-electron chi connectivity index (χ1n) is 7.80. The summed E-state index contributed by atoms with van der Waals surface area (Å²) < 4.78 is 9.55. The number of ether oxygens (including phenoxy) is 2. The number of esters is 1. The van der Waals surface area contributed by atoms with Crippen molar-refractivity contribution < 1.29 is 23.9 Å². The molecule has 0 aliphatic rings. The van der Waals surface area contributed by atoms with Gasteiger partial charge in [-0.3, -0.25) is 14.9 Å². The number of anilines is 1. The number of rotatable bonds is 8. The normalized spacial score (nSPS) is 10.2. The Morgan fingerprint density at radius 3 is 2.62 bits per heavy atom. The van der Waals surface area contributed by atoms with Gasteiger partial charge in [0.2, 0.25) is 5.91 Å². The first-order chi connectivity index (χ1) is 12.5. The summed E-state index contributed by atoms with van der Waals surface area (Å²) in [6, 6.07) is 6.70. The number of para-hydroxylation sites is 1. The van der Waals surface area contributed by atoms with Gasteiger partial charge in [-0.25, -0.2) is 4.79 Å². The quantitative estimate of drug-likeness (QED) is 0.268. The van der Waals surface area contributed by atoms with E-state index in [1.807, 2.05) is 0 Å². The lowest BCUT2D eigenvalue weighted by atomic mass is 10.1. The molecule has 140 valence electrons. The van der Waals surface area contributed by atoms with E-state index < -0.39 is 11.9 Å². The second-order valence-electron chi connectivity index (χ2n) is 4.82. The highest BCUT2D eigenvalue weighted by molar-refractivity contribution is 7.80. The summed E-state index contributed by atoms with van der Waals surface area (Å²) in [4.78, 5) is 35.1. The van der Waals surface area contributed by atoms with Gasteiger partial charge in [0.25, 0.3) is 5.91 Å². The van der Waals surface area contributed by atoms with Crippen molar-refractivity contribution in [2.45, 2.75) is 6.92 Å². The third-order valence-electron chi connectivity index (χ3n) is 2.91. The molecule has 0 heterocycles. The van der Waals surface area contributed by atoms with Crippen LogP contribution in [0.15, 0.2) is 36.4 Å². The molecule has 8 nitrogen and oxygen atoms in total. The fraction of sp³-hybridized carbons (Fsp3) is 0.294. The van der Waals surface area contributed by atoms with Crippen LogP contribution in [0.25, 0.3) is 0 Å². The second-order valence-corrected chi connectivity index (χ2v) is 5.23. The highest BCUT2D eigenvalue weighted by atomic mass is 32.1. The van der Waals surface area contributed by atoms with E-state index >= 15 is 0 Å². The van der Waals surface area contributed by atoms with Crippen molar-refractivity contribution in [2.75, 3.05) is 32.2 Å². The number of hydrogen-bond acceptors (Lipinski definition) is 6. The van der Waals surface area contributed by atoms with Gasteiger partial charge in [-0.15, -0.1) is 0 Å². The number of amides is 2. The predicted molar refractivity (Wildman–Crippen MR) is 101 cm³/mol. The Morgan fingerprint density at radius 1 is 1.19 bits per heavy atom. The Balaban J connectivity index is 2.65. The summed E-state index contributed by atoms with van der Waals surface area (Å²) in [6.07, 6.45) is 2.01. The number of nitrogens with one attached hydrogen (secondary N) is 3. The van der Waals surface area contributed by atoms with Gasteiger partial charge in [0.1, 0.15) is 0 Å². The van der Waals surface area contributed by atoms with E-state index in [4.69, 9.17) is 17.0 Å². The molecule has 2 amide bonds. The zero-order valence-electron chi connectivity index (χ0n) is 14.5. The van der Waals surface area contributed by atoms with E-state index in [0.29, 0.717) is 24.4 Å². The standard InChI is InChI=1S/C17H21N3O5S/c1-3-25-15(22)9-8-14(21)20-17(26)19-13-7-5-4-6-12(13)16(23)18-10-11-24-2/h4-9H,3,10-11H2,1-2H3,(H,18,23)(H2,19,20,21,26)/b9-8+. The molecule has 0 fully saturated rings. The van der Waals surface area contributed by atoms with E-state index in [0.717, 1.165) is 12.2 Å². The van der Waals surface area contributed by atoms with Crippen molar-refractivity contribution in [1.29, 1.82) is 0 Å². The number of methoxy groups -OCH3 is 1. The number of hydrogen-bond donors (Lipinski definition) is 3. The van der Waals surface area contributed by atoms with Crippen LogP contribution in [-0.2, 0) is 19.1 Å². The van der Waals surface area contributed by atoms with E-state index in [-0.39, 0.29) is 17.6 Å². The maximum absolute atomic E-state index is 12.2. The summed E-state index contributed by atoms with van der Waals surface area (Å²) in [5.41, 5.74) is 0.796. The molecule has 0 aliphatic carbocycles. The van der Waals surface area contributed by atoms with Crippen molar-refractivity contribution in [1.82, 2.24) is 10.6 Å². The lowest BCUT2D eigenvalue weighted by Crippen LogP contribution is -2.34. The van der Waals surface area contributed by atoms with E-state index in [1.54, 1.807) is 38.3 Å². The molecule has 1 rings (SSSR count). The Hall–Kier alpha value is -2.78. The van der Waals surface area contributed by atoms with Crippen molar-refractivity contribution >= 4 is 40.8 Å². The summed E-state index contributed by atoms with van der Waals surface area (Å²) >= 11 is 5.05. The van der Waals surface area contributed by atoms with Gasteiger partial charge in [0.05, 0.1) is 24.5 Å². The van der Waals surface area contributed by atoms with Crippen LogP contribution >= 0.6 is 12.2 Å². The molecule has 0 spiro atoms. The molecule has 0 aliphatic heterocycles. The molecule has 0 saturated heterocycles. The van der Waals surface area contributed by atoms with Crippen LogP contribution in [0.1, 0.15) is 17.3 Å². The molecule has 0 unspecified atom stereocenters. The van der Waals surface area contributed by atoms with Crippen LogP contribution < -0.4 is 16.0 Å². The largest absolute Gasteiger partial charge is 0.463 e. The average molecular weight is 379 g/mol. The zero-order valence-corrected chi connectivity index (χ0v) is 15.4. The molecule has 26 heavy (non-hydrogen) atoms. The number of benzene rings is 1. The van der Waals surface area contributed by atoms with Gasteiger partial charge in [-0.1, -0.05) is 12.1 Å². The number of carbonyl (C=O) groups excluding carboxylic acids is 3. The minimum absolute atomic E-state index is 0.0133. The van der Waals surface area contributed by atoms with E-state index in [2.05, 4.69) is 20.7 Å². The summed E-state index contributed by atoms with van der Waals surface area (Å²) in [5, 5.41) is 7.85. The van der Waals surface area contributed by atoms with Gasteiger partial charge in [0.15, 0.2) is 5.11 Å². The average Bonchev–Trinajstić information content (AvgIpc) is 2.60. The van der Waals surface area contributed by atoms with Crippen LogP contribution in [0.2, 0.25) is 0 Å². The van der Waals surface area contributed by atoms with Crippen LogP contribution in [0.5, 0.6) is 0 Å². The summed E-state index contributed by atoms with van der Waals surface area (Å²) in [5.74, 6) is -1.53. The molecular weight excluding hydrogens is 358 g/mol. The van der Waals surface area contributed by atoms with Crippen LogP contribution in [-0.4, -0.2) is 49.8 Å². The van der Waals surface area contributed by atoms with Crippen LogP contribution in [0.3, 0.4) is 0 Å². The van der Waals surface area contributed by atoms with Gasteiger partial charge in [0, 0.05) is 25.8 Å². The van der Waals surface area contributed by atoms with Gasteiger partial charge in [-0.05, 0) is 31.3 Å². The van der Waals surface area contributed by atoms with Crippen molar-refractivity contribution in [3.63, 3.8) is 0 Å². The fourth-order valence-corrected chi connectivity index (χ4v) is 2.00. The number of thiocarbonyl (C=S) groups is 1. The molecule has 0 atom stereocenters. The van der Waals surface area contributed by atoms with Crippen molar-refractivity contribution in [2.24, 2.45) is 0 Å². The van der Waals surface area contributed by atoms with Gasteiger partial charge >= 0.3 is 5.97 Å². The Kier molecular flexibility index (Phi) is 9.58. The molecular formula is C17H21N3O5S.